The molecule has 3 atom stereocenters. The number of unbranched alkanes of at least 4 members (excludes halogenated alkanes) is 14. The number of allylic oxidation sites excluding steroid dienone is 2. The van der Waals surface area contributed by atoms with Crippen molar-refractivity contribution in [3.05, 3.63) is 12.2 Å². The SMILES string of the molecule is CCCCCC/C=C/CCCCCCCCCCCC[N+](CCC(C)C(=O)[O-])(CCC(C)C(=O)O)CCC(C)C(=O)O. The van der Waals surface area contributed by atoms with Crippen LogP contribution in [0.5, 0.6) is 0 Å². The number of carboxylic acid groups (broad SMARTS) is 3. The lowest BCUT2D eigenvalue weighted by Gasteiger charge is -2.41. The van der Waals surface area contributed by atoms with Gasteiger partial charge < -0.3 is 24.6 Å². The van der Waals surface area contributed by atoms with Crippen molar-refractivity contribution in [1.29, 1.82) is 0 Å². The monoisotopic (exact) mass is 595 g/mol. The highest BCUT2D eigenvalue weighted by Gasteiger charge is 2.30. The summed E-state index contributed by atoms with van der Waals surface area (Å²) in [5.41, 5.74) is 0. The van der Waals surface area contributed by atoms with E-state index in [4.69, 9.17) is 0 Å². The van der Waals surface area contributed by atoms with Gasteiger partial charge in [0.25, 0.3) is 0 Å². The number of nitrogens with zero attached hydrogens (tertiary/aromatic N) is 1. The van der Waals surface area contributed by atoms with Gasteiger partial charge in [-0.2, -0.15) is 0 Å². The van der Waals surface area contributed by atoms with Gasteiger partial charge in [-0.25, -0.2) is 0 Å². The fraction of sp³-hybridized carbons (Fsp3) is 0.857. The molecule has 0 saturated heterocycles. The molecule has 2 N–H and O–H groups in total. The average molecular weight is 596 g/mol. The molecule has 0 spiro atoms. The van der Waals surface area contributed by atoms with Crippen LogP contribution in [0.3, 0.4) is 0 Å². The fourth-order valence-electron chi connectivity index (χ4n) is 5.49. The molecule has 0 heterocycles. The maximum atomic E-state index is 11.5. The van der Waals surface area contributed by atoms with Crippen LogP contribution in [-0.4, -0.2) is 58.8 Å². The van der Waals surface area contributed by atoms with Gasteiger partial charge in [0.15, 0.2) is 0 Å². The van der Waals surface area contributed by atoms with Crippen molar-refractivity contribution in [2.24, 2.45) is 17.8 Å². The molecule has 0 aliphatic rings. The number of quaternary nitrogens is 1. The second kappa shape index (κ2) is 25.6. The molecule has 0 aliphatic heterocycles. The molecule has 0 fully saturated rings. The Morgan fingerprint density at radius 2 is 0.929 bits per heavy atom. The Bertz CT molecular complexity index is 677. The van der Waals surface area contributed by atoms with Crippen LogP contribution in [0.25, 0.3) is 0 Å². The lowest BCUT2D eigenvalue weighted by Crippen LogP contribution is -2.52. The molecular weight excluding hydrogens is 530 g/mol. The number of carboxylic acids is 3. The van der Waals surface area contributed by atoms with Gasteiger partial charge >= 0.3 is 11.9 Å². The Hall–Kier alpha value is -1.89. The quantitative estimate of drug-likeness (QED) is 0.0501. The normalized spacial score (nSPS) is 15.3. The first kappa shape index (κ1) is 40.1. The molecule has 246 valence electrons. The van der Waals surface area contributed by atoms with Crippen molar-refractivity contribution in [3.8, 4) is 0 Å². The van der Waals surface area contributed by atoms with Crippen LogP contribution >= 0.6 is 0 Å². The minimum atomic E-state index is -1.07. The van der Waals surface area contributed by atoms with Gasteiger partial charge in [0, 0.05) is 31.1 Å². The summed E-state index contributed by atoms with van der Waals surface area (Å²) in [5, 5.41) is 30.2. The van der Waals surface area contributed by atoms with Crippen molar-refractivity contribution >= 4 is 17.9 Å². The maximum absolute atomic E-state index is 11.5. The summed E-state index contributed by atoms with van der Waals surface area (Å²) >= 11 is 0. The average Bonchev–Trinajstić information content (AvgIpc) is 2.96. The molecule has 0 aliphatic carbocycles. The Morgan fingerprint density at radius 3 is 1.31 bits per heavy atom. The molecular formula is C35H65NO6. The van der Waals surface area contributed by atoms with Gasteiger partial charge in [0.2, 0.25) is 0 Å². The summed E-state index contributed by atoms with van der Waals surface area (Å²) in [6.07, 6.45) is 26.2. The van der Waals surface area contributed by atoms with E-state index in [-0.39, 0.29) is 0 Å². The molecule has 0 aromatic carbocycles. The molecule has 0 radical (unpaired) electrons. The molecule has 7 heteroatoms. The molecule has 7 nitrogen and oxygen atoms in total. The van der Waals surface area contributed by atoms with E-state index in [1.54, 1.807) is 20.8 Å². The first-order valence-electron chi connectivity index (χ1n) is 17.2. The highest BCUT2D eigenvalue weighted by Crippen LogP contribution is 2.22. The van der Waals surface area contributed by atoms with Crippen molar-refractivity contribution in [2.45, 2.75) is 150 Å². The maximum Gasteiger partial charge on any atom is 0.306 e. The summed E-state index contributed by atoms with van der Waals surface area (Å²) in [5.74, 6) is -4.31. The van der Waals surface area contributed by atoms with Crippen molar-refractivity contribution < 1.29 is 34.2 Å². The van der Waals surface area contributed by atoms with E-state index in [1.807, 2.05) is 0 Å². The summed E-state index contributed by atoms with van der Waals surface area (Å²) in [6, 6.07) is 0. The highest BCUT2D eigenvalue weighted by molar-refractivity contribution is 5.69. The van der Waals surface area contributed by atoms with E-state index in [1.165, 1.54) is 83.5 Å². The van der Waals surface area contributed by atoms with Gasteiger partial charge in [-0.15, -0.1) is 0 Å². The molecule has 0 aromatic rings. The summed E-state index contributed by atoms with van der Waals surface area (Å²) in [4.78, 5) is 34.4. The first-order valence-corrected chi connectivity index (χ1v) is 17.2. The van der Waals surface area contributed by atoms with E-state index >= 15 is 0 Å². The Balaban J connectivity index is 4.51. The minimum Gasteiger partial charge on any atom is -0.550 e. The topological polar surface area (TPSA) is 115 Å². The van der Waals surface area contributed by atoms with Gasteiger partial charge in [-0.05, 0) is 38.5 Å². The van der Waals surface area contributed by atoms with Gasteiger partial charge in [-0.3, -0.25) is 9.59 Å². The Kier molecular flexibility index (Phi) is 24.4. The zero-order chi connectivity index (χ0) is 31.6. The Morgan fingerprint density at radius 1 is 0.571 bits per heavy atom. The van der Waals surface area contributed by atoms with Crippen LogP contribution in [0.15, 0.2) is 12.2 Å². The van der Waals surface area contributed by atoms with Crippen LogP contribution in [0.4, 0.5) is 0 Å². The number of hydrogen-bond acceptors (Lipinski definition) is 4. The van der Waals surface area contributed by atoms with Crippen molar-refractivity contribution in [2.75, 3.05) is 26.2 Å². The summed E-state index contributed by atoms with van der Waals surface area (Å²) in [7, 11) is 0. The van der Waals surface area contributed by atoms with E-state index in [9.17, 15) is 29.7 Å². The third-order valence-corrected chi connectivity index (χ3v) is 9.00. The van der Waals surface area contributed by atoms with E-state index in [0.29, 0.717) is 43.4 Å². The van der Waals surface area contributed by atoms with E-state index in [0.717, 1.165) is 25.8 Å². The summed E-state index contributed by atoms with van der Waals surface area (Å²) in [6.45, 7) is 9.97. The Labute approximate surface area is 257 Å². The third-order valence-electron chi connectivity index (χ3n) is 9.00. The van der Waals surface area contributed by atoms with Gasteiger partial charge in [-0.1, -0.05) is 104 Å². The smallest absolute Gasteiger partial charge is 0.306 e. The van der Waals surface area contributed by atoms with E-state index < -0.39 is 35.7 Å². The predicted molar refractivity (Wildman–Crippen MR) is 170 cm³/mol. The predicted octanol–water partition coefficient (Wildman–Crippen LogP) is 7.62. The van der Waals surface area contributed by atoms with Gasteiger partial charge in [0.1, 0.15) is 0 Å². The second-order valence-electron chi connectivity index (χ2n) is 12.9. The van der Waals surface area contributed by atoms with Crippen LogP contribution in [0.2, 0.25) is 0 Å². The van der Waals surface area contributed by atoms with Crippen LogP contribution in [0.1, 0.15) is 150 Å². The molecule has 0 aromatic heterocycles. The minimum absolute atomic E-state index is 0.445. The fourth-order valence-corrected chi connectivity index (χ4v) is 5.49. The lowest BCUT2D eigenvalue weighted by molar-refractivity contribution is -0.929. The van der Waals surface area contributed by atoms with Crippen molar-refractivity contribution in [3.63, 3.8) is 0 Å². The molecule has 3 unspecified atom stereocenters. The molecule has 0 saturated carbocycles. The van der Waals surface area contributed by atoms with Crippen LogP contribution in [-0.2, 0) is 14.4 Å². The standard InChI is InChI=1S/C35H65NO6/c1-5-6-7-8-9-10-11-12-13-14-15-16-17-18-19-20-21-22-26-36(27-23-30(2)33(37)38,28-24-31(3)34(39)40)29-25-32(4)35(41)42/h10-11,30-32H,5-9,12-29H2,1-4H3,(H2-,37,38,39,40,41,42)/b11-10+. The zero-order valence-electron chi connectivity index (χ0n) is 27.6. The van der Waals surface area contributed by atoms with Crippen LogP contribution in [0, 0.1) is 17.8 Å². The number of carbonyl (C=O) groups is 3. The second-order valence-corrected chi connectivity index (χ2v) is 12.9. The number of aliphatic carboxylic acids is 3. The molecule has 0 bridgehead atoms. The molecule has 42 heavy (non-hydrogen) atoms. The van der Waals surface area contributed by atoms with E-state index in [2.05, 4.69) is 19.1 Å². The van der Waals surface area contributed by atoms with Gasteiger partial charge in [0.05, 0.1) is 38.0 Å². The van der Waals surface area contributed by atoms with Crippen LogP contribution < -0.4 is 5.11 Å². The lowest BCUT2D eigenvalue weighted by atomic mass is 10.0. The summed E-state index contributed by atoms with van der Waals surface area (Å²) < 4.78 is 0.584. The highest BCUT2D eigenvalue weighted by atomic mass is 16.4. The van der Waals surface area contributed by atoms with Crippen molar-refractivity contribution in [1.82, 2.24) is 0 Å². The molecule has 0 amide bonds. The number of carbonyl (C=O) groups excluding carboxylic acids is 1. The largest absolute Gasteiger partial charge is 0.550 e. The number of hydrogen-bond donors (Lipinski definition) is 2. The third kappa shape index (κ3) is 21.8. The first-order chi connectivity index (χ1) is 20.0. The zero-order valence-corrected chi connectivity index (χ0v) is 27.6. The molecule has 0 rings (SSSR count). The number of rotatable bonds is 30.